The first kappa shape index (κ1) is 14.1. The van der Waals surface area contributed by atoms with Crippen LogP contribution in [-0.4, -0.2) is 11.1 Å². The summed E-state index contributed by atoms with van der Waals surface area (Å²) in [5, 5.41) is 9.03. The van der Waals surface area contributed by atoms with Gasteiger partial charge in [0.25, 0.3) is 5.91 Å². The summed E-state index contributed by atoms with van der Waals surface area (Å²) in [4.78, 5) is 13.1. The number of nitrogens with one attached hydrogen (secondary N) is 1. The maximum absolute atomic E-state index is 12.2. The van der Waals surface area contributed by atoms with Crippen molar-refractivity contribution >= 4 is 46.1 Å². The van der Waals surface area contributed by atoms with E-state index < -0.39 is 5.91 Å². The predicted molar refractivity (Wildman–Crippen MR) is 84.2 cm³/mol. The van der Waals surface area contributed by atoms with Crippen LogP contribution in [0.1, 0.15) is 10.5 Å². The van der Waals surface area contributed by atoms with E-state index in [1.807, 2.05) is 17.5 Å². The van der Waals surface area contributed by atoms with E-state index in [9.17, 15) is 4.79 Å². The third kappa shape index (κ3) is 2.95. The molecule has 3 aromatic rings. The first-order chi connectivity index (χ1) is 10.1. The van der Waals surface area contributed by atoms with Crippen molar-refractivity contribution in [1.82, 2.24) is 5.16 Å². The molecule has 0 aliphatic heterocycles. The average molecular weight is 339 g/mol. The van der Waals surface area contributed by atoms with Gasteiger partial charge in [0.1, 0.15) is 0 Å². The van der Waals surface area contributed by atoms with E-state index in [-0.39, 0.29) is 5.69 Å². The Labute approximate surface area is 134 Å². The van der Waals surface area contributed by atoms with Gasteiger partial charge in [-0.3, -0.25) is 4.79 Å². The van der Waals surface area contributed by atoms with Crippen LogP contribution in [0.4, 0.5) is 5.69 Å². The molecule has 0 saturated heterocycles. The number of benzene rings is 1. The van der Waals surface area contributed by atoms with Crippen molar-refractivity contribution in [2.45, 2.75) is 0 Å². The Balaban J connectivity index is 1.83. The highest BCUT2D eigenvalue weighted by atomic mass is 35.5. The van der Waals surface area contributed by atoms with Crippen molar-refractivity contribution in [2.24, 2.45) is 0 Å². The van der Waals surface area contributed by atoms with Crippen molar-refractivity contribution < 1.29 is 9.32 Å². The number of hydrogen-bond acceptors (Lipinski definition) is 4. The zero-order valence-corrected chi connectivity index (χ0v) is 12.8. The lowest BCUT2D eigenvalue weighted by molar-refractivity contribution is 0.101. The molecule has 2 aromatic heterocycles. The van der Waals surface area contributed by atoms with E-state index >= 15 is 0 Å². The molecule has 21 heavy (non-hydrogen) atoms. The molecule has 2 heterocycles. The lowest BCUT2D eigenvalue weighted by Gasteiger charge is -2.06. The summed E-state index contributed by atoms with van der Waals surface area (Å²) in [6, 6.07) is 10.3. The van der Waals surface area contributed by atoms with E-state index in [4.69, 9.17) is 27.7 Å². The maximum Gasteiger partial charge on any atom is 0.277 e. The average Bonchev–Trinajstić information content (AvgIpc) is 3.12. The number of carbonyl (C=O) groups is 1. The molecule has 0 unspecified atom stereocenters. The number of anilines is 1. The first-order valence-corrected chi connectivity index (χ1v) is 7.54. The first-order valence-electron chi connectivity index (χ1n) is 5.91. The molecule has 1 N–H and O–H groups in total. The minimum atomic E-state index is -0.434. The zero-order valence-electron chi connectivity index (χ0n) is 10.5. The van der Waals surface area contributed by atoms with Crippen LogP contribution in [0.3, 0.4) is 0 Å². The number of amides is 1. The molecule has 0 aliphatic carbocycles. The second-order valence-electron chi connectivity index (χ2n) is 4.10. The Morgan fingerprint density at radius 1 is 1.19 bits per heavy atom. The fourth-order valence-corrected chi connectivity index (χ4v) is 2.88. The molecule has 0 radical (unpaired) electrons. The molecule has 0 saturated carbocycles. The van der Waals surface area contributed by atoms with Crippen LogP contribution in [-0.2, 0) is 0 Å². The normalized spacial score (nSPS) is 10.6. The van der Waals surface area contributed by atoms with Gasteiger partial charge in [0.15, 0.2) is 11.5 Å². The van der Waals surface area contributed by atoms with Crippen molar-refractivity contribution in [3.8, 4) is 10.6 Å². The summed E-state index contributed by atoms with van der Waals surface area (Å²) in [7, 11) is 0. The number of thiophene rings is 1. The fourth-order valence-electron chi connectivity index (χ4n) is 1.71. The van der Waals surface area contributed by atoms with Crippen molar-refractivity contribution in [3.63, 3.8) is 0 Å². The van der Waals surface area contributed by atoms with Gasteiger partial charge in [-0.25, -0.2) is 0 Å². The second-order valence-corrected chi connectivity index (χ2v) is 5.87. The van der Waals surface area contributed by atoms with Gasteiger partial charge in [-0.15, -0.1) is 11.3 Å². The minimum absolute atomic E-state index is 0.161. The Hall–Kier alpha value is -1.82. The van der Waals surface area contributed by atoms with E-state index in [0.29, 0.717) is 21.5 Å². The molecule has 7 heteroatoms. The number of rotatable bonds is 3. The van der Waals surface area contributed by atoms with Crippen LogP contribution >= 0.6 is 34.5 Å². The van der Waals surface area contributed by atoms with E-state index in [0.717, 1.165) is 4.88 Å². The van der Waals surface area contributed by atoms with Crippen LogP contribution in [0.5, 0.6) is 0 Å². The Morgan fingerprint density at radius 3 is 2.62 bits per heavy atom. The van der Waals surface area contributed by atoms with Crippen molar-refractivity contribution in [2.75, 3.05) is 5.32 Å². The summed E-state index contributed by atoms with van der Waals surface area (Å²) in [5.41, 5.74) is 0.515. The molecule has 3 rings (SSSR count). The molecular weight excluding hydrogens is 331 g/mol. The molecule has 0 atom stereocenters. The molecule has 1 amide bonds. The van der Waals surface area contributed by atoms with Crippen LogP contribution in [0.2, 0.25) is 10.0 Å². The molecule has 1 aromatic carbocycles. The van der Waals surface area contributed by atoms with E-state index in [2.05, 4.69) is 10.5 Å². The molecule has 4 nitrogen and oxygen atoms in total. The van der Waals surface area contributed by atoms with Crippen LogP contribution in [0, 0.1) is 0 Å². The lowest BCUT2D eigenvalue weighted by Crippen LogP contribution is -2.12. The van der Waals surface area contributed by atoms with Gasteiger partial charge in [-0.1, -0.05) is 40.5 Å². The van der Waals surface area contributed by atoms with E-state index in [1.54, 1.807) is 24.3 Å². The number of hydrogen-bond donors (Lipinski definition) is 1. The van der Waals surface area contributed by atoms with Crippen LogP contribution in [0.25, 0.3) is 10.6 Å². The monoisotopic (exact) mass is 338 g/mol. The number of nitrogens with zero attached hydrogens (tertiary/aromatic N) is 1. The van der Waals surface area contributed by atoms with Gasteiger partial charge >= 0.3 is 0 Å². The number of para-hydroxylation sites is 1. The van der Waals surface area contributed by atoms with Gasteiger partial charge in [0, 0.05) is 6.07 Å². The molecule has 106 valence electrons. The second kappa shape index (κ2) is 5.89. The van der Waals surface area contributed by atoms with Gasteiger partial charge < -0.3 is 9.84 Å². The third-order valence-corrected chi connectivity index (χ3v) is 4.22. The number of aromatic nitrogens is 1. The largest absolute Gasteiger partial charge is 0.355 e. The predicted octanol–water partition coefficient (Wildman–Crippen LogP) is 4.96. The van der Waals surface area contributed by atoms with E-state index in [1.165, 1.54) is 11.3 Å². The summed E-state index contributed by atoms with van der Waals surface area (Å²) in [6.07, 6.45) is 0. The van der Waals surface area contributed by atoms with Crippen LogP contribution in [0.15, 0.2) is 46.3 Å². The SMILES string of the molecule is O=C(Nc1c(Cl)cccc1Cl)c1cc(-c2cccs2)on1. The molecule has 0 spiro atoms. The third-order valence-electron chi connectivity index (χ3n) is 2.71. The van der Waals surface area contributed by atoms with Gasteiger partial charge in [0.2, 0.25) is 0 Å². The Morgan fingerprint density at radius 2 is 1.95 bits per heavy atom. The Kier molecular flexibility index (Phi) is 3.96. The summed E-state index contributed by atoms with van der Waals surface area (Å²) in [5.74, 6) is 0.108. The standard InChI is InChI=1S/C14H8Cl2N2O2S/c15-8-3-1-4-9(16)13(8)17-14(19)10-7-11(20-18-10)12-5-2-6-21-12/h1-7H,(H,17,19). The summed E-state index contributed by atoms with van der Waals surface area (Å²) < 4.78 is 5.16. The number of carbonyl (C=O) groups excluding carboxylic acids is 1. The van der Waals surface area contributed by atoms with Crippen LogP contribution < -0.4 is 5.32 Å². The van der Waals surface area contributed by atoms with Crippen molar-refractivity contribution in [1.29, 1.82) is 0 Å². The topological polar surface area (TPSA) is 55.1 Å². The van der Waals surface area contributed by atoms with Gasteiger partial charge in [0.05, 0.1) is 20.6 Å². The highest BCUT2D eigenvalue weighted by Crippen LogP contribution is 2.30. The highest BCUT2D eigenvalue weighted by molar-refractivity contribution is 7.13. The minimum Gasteiger partial charge on any atom is -0.355 e. The molecular formula is C14H8Cl2N2O2S. The summed E-state index contributed by atoms with van der Waals surface area (Å²) in [6.45, 7) is 0. The molecule has 0 aliphatic rings. The van der Waals surface area contributed by atoms with Gasteiger partial charge in [-0.05, 0) is 23.6 Å². The maximum atomic E-state index is 12.2. The summed E-state index contributed by atoms with van der Waals surface area (Å²) >= 11 is 13.5. The highest BCUT2D eigenvalue weighted by Gasteiger charge is 2.16. The number of halogens is 2. The van der Waals surface area contributed by atoms with Gasteiger partial charge in [-0.2, -0.15) is 0 Å². The fraction of sp³-hybridized carbons (Fsp3) is 0. The molecule has 0 bridgehead atoms. The lowest BCUT2D eigenvalue weighted by atomic mass is 10.3. The zero-order chi connectivity index (χ0) is 14.8. The smallest absolute Gasteiger partial charge is 0.277 e. The quantitative estimate of drug-likeness (QED) is 0.734. The Bertz CT molecular complexity index is 764. The molecule has 0 fully saturated rings. The van der Waals surface area contributed by atoms with Crippen molar-refractivity contribution in [3.05, 3.63) is 57.5 Å².